The monoisotopic (exact) mass is 1100 g/mol. The zero-order chi connectivity index (χ0) is 52.1. The van der Waals surface area contributed by atoms with E-state index in [0.717, 1.165) is 104 Å². The number of ether oxygens (including phenoxy) is 3. The highest BCUT2D eigenvalue weighted by molar-refractivity contribution is 6.39. The first-order chi connectivity index (χ1) is 36.9. The number of amides is 2. The minimum absolute atomic E-state index is 0.00303. The van der Waals surface area contributed by atoms with E-state index in [1.54, 1.807) is 53.4 Å². The van der Waals surface area contributed by atoms with E-state index in [0.29, 0.717) is 96.7 Å². The van der Waals surface area contributed by atoms with E-state index in [1.807, 2.05) is 29.2 Å². The van der Waals surface area contributed by atoms with Gasteiger partial charge < -0.3 is 38.2 Å². The average molecular weight is 1110 g/mol. The summed E-state index contributed by atoms with van der Waals surface area (Å²) < 4.78 is 29.7. The minimum Gasteiger partial charge on any atom is -0.478 e. The number of hydrogen-bond acceptors (Lipinski definition) is 11. The summed E-state index contributed by atoms with van der Waals surface area (Å²) in [4.78, 5) is 53.6. The third-order valence-corrected chi connectivity index (χ3v) is 17.9. The molecule has 76 heavy (non-hydrogen) atoms. The van der Waals surface area contributed by atoms with Crippen LogP contribution in [0.15, 0.2) is 81.8 Å². The number of carboxylic acids is 1. The van der Waals surface area contributed by atoms with Gasteiger partial charge in [-0.1, -0.05) is 74.9 Å². The van der Waals surface area contributed by atoms with Gasteiger partial charge in [0, 0.05) is 51.9 Å². The van der Waals surface area contributed by atoms with Crippen molar-refractivity contribution in [3.05, 3.63) is 132 Å². The average Bonchev–Trinajstić information content (AvgIpc) is 4.36. The van der Waals surface area contributed by atoms with Crippen molar-refractivity contribution in [2.75, 3.05) is 9.80 Å². The van der Waals surface area contributed by atoms with Crippen LogP contribution in [0.3, 0.4) is 0 Å². The fraction of sp³-hybridized carbons (Fsp3) is 0.414. The molecule has 0 unspecified atom stereocenters. The number of benzene rings is 4. The van der Waals surface area contributed by atoms with Crippen molar-refractivity contribution in [2.24, 2.45) is 11.8 Å². The van der Waals surface area contributed by atoms with Gasteiger partial charge >= 0.3 is 5.97 Å². The van der Waals surface area contributed by atoms with Crippen LogP contribution in [0.1, 0.15) is 145 Å². The minimum atomic E-state index is -0.919. The normalized spacial score (nSPS) is 24.4. The maximum Gasteiger partial charge on any atom is 0.335 e. The molecule has 0 spiro atoms. The number of aromatic nitrogens is 2. The van der Waals surface area contributed by atoms with Gasteiger partial charge in [-0.25, -0.2) is 4.79 Å². The van der Waals surface area contributed by atoms with Crippen molar-refractivity contribution < 1.29 is 47.5 Å². The van der Waals surface area contributed by atoms with E-state index in [2.05, 4.69) is 10.3 Å². The maximum absolute atomic E-state index is 13.5. The van der Waals surface area contributed by atoms with E-state index in [-0.39, 0.29) is 67.1 Å². The van der Waals surface area contributed by atoms with Crippen LogP contribution in [0.25, 0.3) is 22.5 Å². The number of nitrogens with zero attached hydrogens (tertiary/aromatic N) is 4. The Morgan fingerprint density at radius 3 is 1.59 bits per heavy atom. The van der Waals surface area contributed by atoms with Crippen molar-refractivity contribution in [2.45, 2.75) is 138 Å². The summed E-state index contributed by atoms with van der Waals surface area (Å²) in [6.45, 7) is 0.967. The summed E-state index contributed by atoms with van der Waals surface area (Å²) in [6.07, 6.45) is 10.9. The first-order valence-corrected chi connectivity index (χ1v) is 27.8. The first kappa shape index (κ1) is 49.8. The Bertz CT molecular complexity index is 3290. The molecule has 18 heteroatoms. The second-order valence-corrected chi connectivity index (χ2v) is 23.3. The Morgan fingerprint density at radius 1 is 0.632 bits per heavy atom. The number of aromatic carboxylic acids is 1. The Morgan fingerprint density at radius 2 is 1.13 bits per heavy atom. The molecule has 14 nitrogen and oxygen atoms in total. The molecule has 14 rings (SSSR count). The lowest BCUT2D eigenvalue weighted by Gasteiger charge is -2.32. The molecule has 6 saturated carbocycles. The van der Waals surface area contributed by atoms with Crippen LogP contribution in [0.5, 0.6) is 5.75 Å². The van der Waals surface area contributed by atoms with Gasteiger partial charge in [-0.3, -0.25) is 14.4 Å². The molecule has 6 atom stereocenters. The van der Waals surface area contributed by atoms with Gasteiger partial charge in [0.25, 0.3) is 6.47 Å². The molecule has 4 bridgehead atoms. The molecule has 392 valence electrons. The first-order valence-electron chi connectivity index (χ1n) is 26.3. The summed E-state index contributed by atoms with van der Waals surface area (Å²) >= 11 is 25.9. The SMILES string of the molecule is O=C(O)c1ccc(N2C(=O)[C@@H]3C[C@H]2C[C@H]3OCc2c(-c3c(Cl)cccc3Cl)noc2C2CC2)cc1C1CC1.O=COc1cc(C2CC2)ccc1N1C(=O)[C@@H]2C[C@H]1C[C@H]2OCc1c(-c2c(Cl)cccc2Cl)noc1C1CC1. The maximum atomic E-state index is 13.5. The number of fused-ring (bicyclic) bond motifs is 4. The van der Waals surface area contributed by atoms with Crippen molar-refractivity contribution >= 4 is 82.0 Å². The molecule has 8 fully saturated rings. The van der Waals surface area contributed by atoms with Crippen molar-refractivity contribution in [3.8, 4) is 28.3 Å². The van der Waals surface area contributed by atoms with Crippen LogP contribution in [0.2, 0.25) is 20.1 Å². The van der Waals surface area contributed by atoms with E-state index in [4.69, 9.17) is 69.7 Å². The number of carboxylic acid groups (broad SMARTS) is 1. The number of carbonyl (C=O) groups excluding carboxylic acids is 3. The number of carbonyl (C=O) groups is 4. The topological polar surface area (TPSA) is 175 Å². The summed E-state index contributed by atoms with van der Waals surface area (Å²) in [5.74, 6) is 2.15. The molecule has 4 heterocycles. The Labute approximate surface area is 457 Å². The molecule has 0 radical (unpaired) electrons. The van der Waals surface area contributed by atoms with Crippen LogP contribution < -0.4 is 14.5 Å². The van der Waals surface area contributed by atoms with Gasteiger partial charge in [-0.05, 0) is 155 Å². The van der Waals surface area contributed by atoms with E-state index in [9.17, 15) is 24.3 Å². The highest BCUT2D eigenvalue weighted by atomic mass is 35.5. The molecule has 2 amide bonds. The zero-order valence-electron chi connectivity index (χ0n) is 41.1. The standard InChI is InChI=1S/2C29H26Cl2N2O5/c30-21-2-1-3-22(31)26(21)27-20(28(38-32-27)16-6-7-16)13-36-24-12-18-11-19(24)29(35)33(18)23-9-8-17(15-4-5-15)10-25(23)37-14-34;30-22-2-1-3-23(31)25(22)26-21(27(38-32-26)15-6-7-15)13-37-24-12-17-11-20(24)28(34)33(17)16-8-9-18(29(35)36)19(10-16)14-4-5-14/h1-3,8-10,14-16,18-19,24H,4-7,11-13H2;1-3,8-10,14-15,17,20,24H,4-7,11-13H2,(H,35,36)/t18-,19+,24+;17-,20+,24+/m00/s1. The fourth-order valence-corrected chi connectivity index (χ4v) is 13.4. The second kappa shape index (κ2) is 19.9. The highest BCUT2D eigenvalue weighted by Crippen LogP contribution is 2.52. The number of rotatable bonds is 17. The van der Waals surface area contributed by atoms with Crippen LogP contribution in [0.4, 0.5) is 11.4 Å². The molecule has 6 aromatic rings. The Balaban J connectivity index is 0.000000146. The lowest BCUT2D eigenvalue weighted by molar-refractivity contribution is -0.127. The fourth-order valence-electron chi connectivity index (χ4n) is 12.3. The van der Waals surface area contributed by atoms with Crippen LogP contribution in [-0.4, -0.2) is 64.0 Å². The molecule has 2 saturated heterocycles. The number of anilines is 2. The van der Waals surface area contributed by atoms with Gasteiger partial charge in [-0.15, -0.1) is 0 Å². The van der Waals surface area contributed by atoms with Crippen molar-refractivity contribution in [1.29, 1.82) is 0 Å². The summed E-state index contributed by atoms with van der Waals surface area (Å²) in [5, 5.41) is 20.3. The van der Waals surface area contributed by atoms with E-state index >= 15 is 0 Å². The second-order valence-electron chi connectivity index (χ2n) is 21.6. The lowest BCUT2D eigenvalue weighted by Crippen LogP contribution is -2.43. The zero-order valence-corrected chi connectivity index (χ0v) is 44.1. The lowest BCUT2D eigenvalue weighted by atomic mass is 10.00. The summed E-state index contributed by atoms with van der Waals surface area (Å²) in [7, 11) is 0. The summed E-state index contributed by atoms with van der Waals surface area (Å²) in [6, 6.07) is 21.9. The van der Waals surface area contributed by atoms with Gasteiger partial charge in [0.15, 0.2) is 5.75 Å². The van der Waals surface area contributed by atoms with Crippen molar-refractivity contribution in [3.63, 3.8) is 0 Å². The van der Waals surface area contributed by atoms with Crippen LogP contribution in [-0.2, 0) is 37.1 Å². The quantitative estimate of drug-likeness (QED) is 0.0857. The van der Waals surface area contributed by atoms with E-state index < -0.39 is 5.97 Å². The number of piperidine rings is 2. The molecule has 6 aliphatic carbocycles. The Hall–Kier alpha value is -5.74. The van der Waals surface area contributed by atoms with E-state index in [1.165, 1.54) is 0 Å². The number of halogens is 4. The highest BCUT2D eigenvalue weighted by Gasteiger charge is 2.54. The van der Waals surface area contributed by atoms with Crippen LogP contribution >= 0.6 is 46.4 Å². The third kappa shape index (κ3) is 9.19. The number of hydrogen-bond donors (Lipinski definition) is 1. The van der Waals surface area contributed by atoms with Gasteiger partial charge in [0.05, 0.1) is 68.6 Å². The largest absolute Gasteiger partial charge is 0.478 e. The molecule has 2 aliphatic heterocycles. The molecule has 2 aromatic heterocycles. The predicted octanol–water partition coefficient (Wildman–Crippen LogP) is 13.5. The van der Waals surface area contributed by atoms with Gasteiger partial charge in [-0.2, -0.15) is 0 Å². The van der Waals surface area contributed by atoms with Gasteiger partial charge in [0.1, 0.15) is 22.9 Å². The predicted molar refractivity (Wildman–Crippen MR) is 284 cm³/mol. The van der Waals surface area contributed by atoms with Crippen LogP contribution in [0, 0.1) is 11.8 Å². The molecular formula is C58H52Cl4N4O10. The molecule has 4 aromatic carbocycles. The molecule has 1 N–H and O–H groups in total. The Kier molecular flexibility index (Phi) is 13.1. The smallest absolute Gasteiger partial charge is 0.335 e. The van der Waals surface area contributed by atoms with Gasteiger partial charge in [0.2, 0.25) is 11.8 Å². The third-order valence-electron chi connectivity index (χ3n) is 16.6. The summed E-state index contributed by atoms with van der Waals surface area (Å²) in [5.41, 5.74) is 7.96. The van der Waals surface area contributed by atoms with Crippen molar-refractivity contribution in [1.82, 2.24) is 10.3 Å². The molecule has 8 aliphatic rings. The molecular weight excluding hydrogens is 1050 g/mol.